The first-order valence-electron chi connectivity index (χ1n) is 10.6. The van der Waals surface area contributed by atoms with Gasteiger partial charge in [0.1, 0.15) is 0 Å². The summed E-state index contributed by atoms with van der Waals surface area (Å²) in [6.07, 6.45) is 1.45. The average Bonchev–Trinajstić information content (AvgIpc) is 2.83. The zero-order chi connectivity index (χ0) is 24.5. The van der Waals surface area contributed by atoms with Crippen molar-refractivity contribution < 1.29 is 19.3 Å². The van der Waals surface area contributed by atoms with E-state index in [1.54, 1.807) is 38.5 Å². The number of aliphatic imine (C=N–C) groups is 2. The highest BCUT2D eigenvalue weighted by Crippen LogP contribution is 2.30. The fraction of sp³-hybridized carbons (Fsp3) is 0.364. The molecule has 0 N–H and O–H groups in total. The number of nitro groups is 2. The summed E-state index contributed by atoms with van der Waals surface area (Å²) < 4.78 is 10.3. The van der Waals surface area contributed by atoms with E-state index in [1.165, 1.54) is 24.3 Å². The number of methoxy groups -OCH3 is 2. The SMILES string of the molecule is COCCCN=C1N(CCCOC)C(=Nc2ccc([N+](=O)[O-])cc2)N1c1ccc([N+](=O)[O-])cc1. The lowest BCUT2D eigenvalue weighted by atomic mass is 10.2. The first-order valence-corrected chi connectivity index (χ1v) is 10.6. The van der Waals surface area contributed by atoms with E-state index in [0.29, 0.717) is 49.6 Å². The maximum absolute atomic E-state index is 11.1. The maximum Gasteiger partial charge on any atom is 0.269 e. The number of anilines is 1. The molecular formula is C22H26N6O6. The van der Waals surface area contributed by atoms with Gasteiger partial charge in [0, 0.05) is 64.8 Å². The summed E-state index contributed by atoms with van der Waals surface area (Å²) in [6, 6.07) is 12.1. The fourth-order valence-corrected chi connectivity index (χ4v) is 3.32. The predicted molar refractivity (Wildman–Crippen MR) is 128 cm³/mol. The number of nitro benzene ring substituents is 2. The smallest absolute Gasteiger partial charge is 0.269 e. The van der Waals surface area contributed by atoms with Crippen LogP contribution in [0.5, 0.6) is 0 Å². The number of nitrogens with zero attached hydrogens (tertiary/aromatic N) is 6. The highest BCUT2D eigenvalue weighted by molar-refractivity contribution is 6.32. The highest BCUT2D eigenvalue weighted by Gasteiger charge is 2.40. The van der Waals surface area contributed by atoms with Crippen molar-refractivity contribution in [1.29, 1.82) is 0 Å². The topological polar surface area (TPSA) is 136 Å². The summed E-state index contributed by atoms with van der Waals surface area (Å²) >= 11 is 0. The lowest BCUT2D eigenvalue weighted by Crippen LogP contribution is -2.66. The van der Waals surface area contributed by atoms with Gasteiger partial charge >= 0.3 is 0 Å². The van der Waals surface area contributed by atoms with Crippen molar-refractivity contribution in [2.75, 3.05) is 45.4 Å². The lowest BCUT2D eigenvalue weighted by Gasteiger charge is -2.46. The van der Waals surface area contributed by atoms with Crippen molar-refractivity contribution in [3.8, 4) is 0 Å². The van der Waals surface area contributed by atoms with Gasteiger partial charge in [0.2, 0.25) is 11.9 Å². The van der Waals surface area contributed by atoms with Gasteiger partial charge in [-0.1, -0.05) is 0 Å². The van der Waals surface area contributed by atoms with Crippen molar-refractivity contribution in [3.05, 3.63) is 68.8 Å². The minimum absolute atomic E-state index is 0.0198. The van der Waals surface area contributed by atoms with E-state index >= 15 is 0 Å². The maximum atomic E-state index is 11.1. The normalized spacial score (nSPS) is 15.6. The monoisotopic (exact) mass is 470 g/mol. The summed E-state index contributed by atoms with van der Waals surface area (Å²) in [5.41, 5.74) is 1.15. The zero-order valence-electron chi connectivity index (χ0n) is 19.0. The Labute approximate surface area is 196 Å². The number of benzene rings is 2. The molecule has 0 aromatic heterocycles. The van der Waals surface area contributed by atoms with Gasteiger partial charge in [-0.3, -0.25) is 30.1 Å². The van der Waals surface area contributed by atoms with Crippen LogP contribution in [0.25, 0.3) is 0 Å². The van der Waals surface area contributed by atoms with Crippen LogP contribution in [-0.2, 0) is 9.47 Å². The van der Waals surface area contributed by atoms with Crippen LogP contribution in [0.3, 0.4) is 0 Å². The van der Waals surface area contributed by atoms with Gasteiger partial charge in [-0.05, 0) is 37.1 Å². The molecule has 1 saturated heterocycles. The van der Waals surface area contributed by atoms with Crippen LogP contribution in [0.1, 0.15) is 12.8 Å². The van der Waals surface area contributed by atoms with E-state index in [0.717, 1.165) is 12.8 Å². The molecule has 2 aromatic carbocycles. The molecule has 12 nitrogen and oxygen atoms in total. The molecule has 0 aliphatic carbocycles. The van der Waals surface area contributed by atoms with E-state index in [4.69, 9.17) is 19.5 Å². The van der Waals surface area contributed by atoms with Gasteiger partial charge in [-0.15, -0.1) is 0 Å². The molecule has 2 aromatic rings. The summed E-state index contributed by atoms with van der Waals surface area (Å²) in [4.78, 5) is 34.3. The summed E-state index contributed by atoms with van der Waals surface area (Å²) in [6.45, 7) is 2.24. The summed E-state index contributed by atoms with van der Waals surface area (Å²) in [7, 11) is 3.26. The Morgan fingerprint density at radius 2 is 1.38 bits per heavy atom. The molecule has 0 atom stereocenters. The minimum Gasteiger partial charge on any atom is -0.385 e. The van der Waals surface area contributed by atoms with Gasteiger partial charge in [0.25, 0.3) is 11.4 Å². The van der Waals surface area contributed by atoms with E-state index in [-0.39, 0.29) is 11.4 Å². The third kappa shape index (κ3) is 5.91. The third-order valence-corrected chi connectivity index (χ3v) is 4.98. The molecule has 1 aliphatic heterocycles. The molecule has 0 bridgehead atoms. The molecule has 34 heavy (non-hydrogen) atoms. The Balaban J connectivity index is 1.98. The molecule has 3 rings (SSSR count). The molecule has 0 spiro atoms. The quantitative estimate of drug-likeness (QED) is 0.260. The van der Waals surface area contributed by atoms with Gasteiger partial charge < -0.3 is 9.47 Å². The highest BCUT2D eigenvalue weighted by atomic mass is 16.6. The van der Waals surface area contributed by atoms with Crippen molar-refractivity contribution in [2.45, 2.75) is 12.8 Å². The number of rotatable bonds is 12. The number of hydrogen-bond acceptors (Lipinski definition) is 8. The van der Waals surface area contributed by atoms with E-state index in [2.05, 4.69) is 0 Å². The zero-order valence-corrected chi connectivity index (χ0v) is 19.0. The first kappa shape index (κ1) is 24.7. The van der Waals surface area contributed by atoms with Crippen LogP contribution < -0.4 is 4.90 Å². The van der Waals surface area contributed by atoms with Crippen molar-refractivity contribution in [1.82, 2.24) is 4.90 Å². The van der Waals surface area contributed by atoms with E-state index in [9.17, 15) is 20.2 Å². The Hall–Kier alpha value is -3.90. The molecule has 180 valence electrons. The van der Waals surface area contributed by atoms with Gasteiger partial charge in [0.15, 0.2) is 0 Å². The second kappa shape index (κ2) is 11.8. The Morgan fingerprint density at radius 3 is 1.94 bits per heavy atom. The van der Waals surface area contributed by atoms with Crippen LogP contribution >= 0.6 is 0 Å². The Bertz CT molecular complexity index is 1050. The number of non-ortho nitro benzene ring substituents is 2. The molecule has 0 amide bonds. The number of guanidine groups is 2. The van der Waals surface area contributed by atoms with E-state index in [1.807, 2.05) is 9.80 Å². The number of hydrogen-bond donors (Lipinski definition) is 0. The average molecular weight is 470 g/mol. The fourth-order valence-electron chi connectivity index (χ4n) is 3.32. The lowest BCUT2D eigenvalue weighted by molar-refractivity contribution is -0.385. The standard InChI is InChI=1S/C22H26N6O6/c1-33-15-3-13-23-21-25(14-4-16-34-2)22(24-17-5-7-19(8-6-17)27(29)30)26(21)18-9-11-20(12-10-18)28(31)32/h5-12H,3-4,13-16H2,1-2H3. The molecule has 0 unspecified atom stereocenters. The molecule has 0 radical (unpaired) electrons. The molecule has 1 aliphatic rings. The van der Waals surface area contributed by atoms with Crippen LogP contribution in [0.4, 0.5) is 22.7 Å². The van der Waals surface area contributed by atoms with Crippen LogP contribution in [0, 0.1) is 20.2 Å². The largest absolute Gasteiger partial charge is 0.385 e. The van der Waals surface area contributed by atoms with Crippen LogP contribution in [-0.4, -0.2) is 67.2 Å². The van der Waals surface area contributed by atoms with Gasteiger partial charge in [-0.25, -0.2) is 9.89 Å². The van der Waals surface area contributed by atoms with Gasteiger partial charge in [0.05, 0.1) is 21.2 Å². The van der Waals surface area contributed by atoms with Gasteiger partial charge in [-0.2, -0.15) is 0 Å². The van der Waals surface area contributed by atoms with Crippen molar-refractivity contribution >= 4 is 34.7 Å². The number of ether oxygens (including phenoxy) is 2. The first-order chi connectivity index (χ1) is 16.5. The molecule has 1 heterocycles. The Morgan fingerprint density at radius 1 is 0.824 bits per heavy atom. The summed E-state index contributed by atoms with van der Waals surface area (Å²) in [5, 5.41) is 22.0. The molecule has 12 heteroatoms. The molecular weight excluding hydrogens is 444 g/mol. The second-order valence-electron chi connectivity index (χ2n) is 7.32. The Kier molecular flexibility index (Phi) is 8.60. The third-order valence-electron chi connectivity index (χ3n) is 4.98. The summed E-state index contributed by atoms with van der Waals surface area (Å²) in [5.74, 6) is 1.21. The minimum atomic E-state index is -0.467. The molecule has 0 saturated carbocycles. The van der Waals surface area contributed by atoms with Crippen LogP contribution in [0.15, 0.2) is 58.5 Å². The second-order valence-corrected chi connectivity index (χ2v) is 7.32. The van der Waals surface area contributed by atoms with Crippen molar-refractivity contribution in [3.63, 3.8) is 0 Å². The van der Waals surface area contributed by atoms with Crippen LogP contribution in [0.2, 0.25) is 0 Å². The predicted octanol–water partition coefficient (Wildman–Crippen LogP) is 3.74. The van der Waals surface area contributed by atoms with E-state index < -0.39 is 9.85 Å². The molecule has 1 fully saturated rings. The van der Waals surface area contributed by atoms with Crippen molar-refractivity contribution in [2.24, 2.45) is 9.98 Å².